The topological polar surface area (TPSA) is 108 Å². The molecule has 0 spiro atoms. The number of hydrogen-bond acceptors (Lipinski definition) is 3. The van der Waals surface area contributed by atoms with E-state index in [1.807, 2.05) is 12.1 Å². The number of anilines is 1. The number of carboxylic acids is 1. The number of carboxylic acid groups (broad SMARTS) is 1. The molecule has 0 saturated heterocycles. The molecule has 204 valence electrons. The number of rotatable bonds is 9. The van der Waals surface area contributed by atoms with E-state index in [0.29, 0.717) is 17.0 Å². The van der Waals surface area contributed by atoms with E-state index >= 15 is 0 Å². The molecule has 1 aliphatic carbocycles. The van der Waals surface area contributed by atoms with Crippen molar-refractivity contribution in [1.82, 2.24) is 10.6 Å². The van der Waals surface area contributed by atoms with Crippen molar-refractivity contribution < 1.29 is 28.3 Å². The van der Waals surface area contributed by atoms with E-state index in [9.17, 15) is 23.2 Å². The second-order valence-electron chi connectivity index (χ2n) is 9.71. The Balaban J connectivity index is 1.54. The first-order valence-electron chi connectivity index (χ1n) is 13.0. The predicted molar refractivity (Wildman–Crippen MR) is 144 cm³/mol. The van der Waals surface area contributed by atoms with Crippen LogP contribution in [0.2, 0.25) is 0 Å². The van der Waals surface area contributed by atoms with Gasteiger partial charge >= 0.3 is 12.0 Å². The van der Waals surface area contributed by atoms with Gasteiger partial charge in [0.05, 0.1) is 12.5 Å². The number of nitrogens with one attached hydrogen (secondary N) is 3. The average Bonchev–Trinajstić information content (AvgIpc) is 2.91. The van der Waals surface area contributed by atoms with Gasteiger partial charge in [0.1, 0.15) is 11.6 Å². The summed E-state index contributed by atoms with van der Waals surface area (Å²) < 4.78 is 27.2. The van der Waals surface area contributed by atoms with Crippen LogP contribution in [0.3, 0.4) is 0 Å². The molecule has 1 fully saturated rings. The molecule has 0 radical (unpaired) electrons. The minimum atomic E-state index is -1.01. The van der Waals surface area contributed by atoms with Gasteiger partial charge in [-0.3, -0.25) is 9.59 Å². The van der Waals surface area contributed by atoms with Crippen molar-refractivity contribution in [1.29, 1.82) is 0 Å². The highest BCUT2D eigenvalue weighted by Gasteiger charge is 2.20. The lowest BCUT2D eigenvalue weighted by atomic mass is 9.83. The van der Waals surface area contributed by atoms with Gasteiger partial charge in [0, 0.05) is 23.9 Å². The molecule has 0 aliphatic heterocycles. The molecular weight excluding hydrogens is 504 g/mol. The van der Waals surface area contributed by atoms with Gasteiger partial charge in [-0.25, -0.2) is 13.6 Å². The van der Waals surface area contributed by atoms with Crippen molar-refractivity contribution in [3.05, 3.63) is 101 Å². The summed E-state index contributed by atoms with van der Waals surface area (Å²) in [7, 11) is 0. The summed E-state index contributed by atoms with van der Waals surface area (Å²) in [4.78, 5) is 35.9. The zero-order valence-electron chi connectivity index (χ0n) is 21.4. The van der Waals surface area contributed by atoms with Crippen LogP contribution in [-0.2, 0) is 4.79 Å². The highest BCUT2D eigenvalue weighted by atomic mass is 19.1. The highest BCUT2D eigenvalue weighted by molar-refractivity contribution is 5.94. The van der Waals surface area contributed by atoms with Crippen molar-refractivity contribution in [3.8, 4) is 0 Å². The number of benzene rings is 3. The van der Waals surface area contributed by atoms with Gasteiger partial charge < -0.3 is 21.1 Å². The monoisotopic (exact) mass is 535 g/mol. The molecule has 4 N–H and O–H groups in total. The summed E-state index contributed by atoms with van der Waals surface area (Å²) in [5.41, 5.74) is 3.06. The fourth-order valence-electron chi connectivity index (χ4n) is 4.89. The zero-order valence-corrected chi connectivity index (χ0v) is 21.4. The number of carbonyl (C=O) groups is 3. The zero-order chi connectivity index (χ0) is 27.8. The lowest BCUT2D eigenvalue weighted by Crippen LogP contribution is -2.33. The van der Waals surface area contributed by atoms with Crippen molar-refractivity contribution in [2.75, 3.05) is 11.9 Å². The molecule has 0 bridgehead atoms. The number of carbonyl (C=O) groups excluding carboxylic acids is 2. The number of hydrogen-bond donors (Lipinski definition) is 4. The van der Waals surface area contributed by atoms with Gasteiger partial charge in [-0.1, -0.05) is 55.7 Å². The average molecular weight is 536 g/mol. The lowest BCUT2D eigenvalue weighted by molar-refractivity contribution is -0.136. The Morgan fingerprint density at radius 2 is 1.44 bits per heavy atom. The van der Waals surface area contributed by atoms with E-state index < -0.39 is 35.6 Å². The molecule has 1 unspecified atom stereocenters. The van der Waals surface area contributed by atoms with E-state index in [4.69, 9.17) is 5.11 Å². The van der Waals surface area contributed by atoms with Crippen LogP contribution in [0.4, 0.5) is 19.3 Å². The summed E-state index contributed by atoms with van der Waals surface area (Å²) in [6, 6.07) is 16.2. The van der Waals surface area contributed by atoms with Gasteiger partial charge in [-0.05, 0) is 59.7 Å². The largest absolute Gasteiger partial charge is 0.481 e. The first-order chi connectivity index (χ1) is 18.8. The second-order valence-corrected chi connectivity index (χ2v) is 9.71. The lowest BCUT2D eigenvalue weighted by Gasteiger charge is -2.24. The molecule has 1 saturated carbocycles. The summed E-state index contributed by atoms with van der Waals surface area (Å²) >= 11 is 0. The maximum absolute atomic E-state index is 13.6. The van der Waals surface area contributed by atoms with E-state index in [2.05, 4.69) is 28.1 Å². The van der Waals surface area contributed by atoms with E-state index in [-0.39, 0.29) is 18.7 Å². The van der Waals surface area contributed by atoms with E-state index in [1.165, 1.54) is 24.8 Å². The van der Waals surface area contributed by atoms with Crippen LogP contribution in [0.1, 0.15) is 77.5 Å². The molecule has 0 heterocycles. The third-order valence-corrected chi connectivity index (χ3v) is 6.87. The smallest absolute Gasteiger partial charge is 0.319 e. The summed E-state index contributed by atoms with van der Waals surface area (Å²) in [5, 5.41) is 16.7. The normalized spacial score (nSPS) is 14.3. The third-order valence-electron chi connectivity index (χ3n) is 6.87. The number of aliphatic carboxylic acids is 1. The van der Waals surface area contributed by atoms with Gasteiger partial charge in [-0.2, -0.15) is 0 Å². The Morgan fingerprint density at radius 1 is 0.846 bits per heavy atom. The van der Waals surface area contributed by atoms with Crippen LogP contribution in [-0.4, -0.2) is 29.6 Å². The van der Waals surface area contributed by atoms with E-state index in [1.54, 1.807) is 24.3 Å². The Labute approximate surface area is 225 Å². The van der Waals surface area contributed by atoms with Gasteiger partial charge in [0.15, 0.2) is 0 Å². The predicted octanol–water partition coefficient (Wildman–Crippen LogP) is 6.13. The first kappa shape index (κ1) is 27.8. The van der Waals surface area contributed by atoms with Crippen molar-refractivity contribution >= 4 is 23.6 Å². The van der Waals surface area contributed by atoms with Crippen LogP contribution in [0.25, 0.3) is 0 Å². The van der Waals surface area contributed by atoms with E-state index in [0.717, 1.165) is 36.6 Å². The van der Waals surface area contributed by atoms with Crippen LogP contribution in [0, 0.1) is 11.6 Å². The Kier molecular flexibility index (Phi) is 9.25. The third kappa shape index (κ3) is 7.86. The molecule has 3 amide bonds. The van der Waals surface area contributed by atoms with Crippen LogP contribution in [0.15, 0.2) is 66.7 Å². The van der Waals surface area contributed by atoms with Crippen LogP contribution in [0.5, 0.6) is 0 Å². The Morgan fingerprint density at radius 3 is 2.03 bits per heavy atom. The molecule has 39 heavy (non-hydrogen) atoms. The minimum Gasteiger partial charge on any atom is -0.481 e. The maximum Gasteiger partial charge on any atom is 0.319 e. The van der Waals surface area contributed by atoms with Gasteiger partial charge in [0.25, 0.3) is 5.91 Å². The van der Waals surface area contributed by atoms with Crippen molar-refractivity contribution in [2.45, 2.75) is 50.5 Å². The molecular formula is C30H31F2N3O4. The Hall–Kier alpha value is -4.27. The van der Waals surface area contributed by atoms with Crippen molar-refractivity contribution in [2.24, 2.45) is 0 Å². The van der Waals surface area contributed by atoms with Gasteiger partial charge in [-0.15, -0.1) is 0 Å². The van der Waals surface area contributed by atoms with Crippen LogP contribution >= 0.6 is 0 Å². The molecule has 4 rings (SSSR count). The number of urea groups is 1. The SMILES string of the molecule is O=C(O)CCNC(=O)c1ccc(C(NC(=O)Nc2cc(F)cc(F)c2)c2ccc(C3CCCCC3)cc2)cc1. The molecule has 7 nitrogen and oxygen atoms in total. The first-order valence-corrected chi connectivity index (χ1v) is 13.0. The second kappa shape index (κ2) is 13.0. The summed E-state index contributed by atoms with van der Waals surface area (Å²) in [6.07, 6.45) is 5.82. The molecule has 9 heteroatoms. The molecule has 1 atom stereocenters. The molecule has 3 aromatic carbocycles. The number of halogens is 2. The molecule has 3 aromatic rings. The quantitative estimate of drug-likeness (QED) is 0.264. The number of amides is 3. The minimum absolute atomic E-state index is 0.00822. The summed E-state index contributed by atoms with van der Waals surface area (Å²) in [6.45, 7) is 0.00822. The van der Waals surface area contributed by atoms with Gasteiger partial charge in [0.2, 0.25) is 0 Å². The Bertz CT molecular complexity index is 1290. The standard InChI is InChI=1S/C30H31F2N3O4/c31-24-16-25(32)18-26(17-24)34-30(39)35-28(21-8-6-20(7-9-21)19-4-2-1-3-5-19)22-10-12-23(13-11-22)29(38)33-15-14-27(36)37/h6-13,16-19,28H,1-5,14-15H2,(H,33,38)(H,36,37)(H2,34,35,39). The summed E-state index contributed by atoms with van der Waals surface area (Å²) in [5.74, 6) is -2.51. The fraction of sp³-hybridized carbons (Fsp3) is 0.300. The highest BCUT2D eigenvalue weighted by Crippen LogP contribution is 2.33. The molecule has 0 aromatic heterocycles. The molecule has 1 aliphatic rings. The van der Waals surface area contributed by atoms with Crippen LogP contribution < -0.4 is 16.0 Å². The maximum atomic E-state index is 13.6. The fourth-order valence-corrected chi connectivity index (χ4v) is 4.89. The van der Waals surface area contributed by atoms with Crippen molar-refractivity contribution in [3.63, 3.8) is 0 Å².